The number of aryl methyl sites for hydroxylation is 1. The molecule has 3 nitrogen and oxygen atoms in total. The Morgan fingerprint density at radius 3 is 2.76 bits per heavy atom. The van der Waals surface area contributed by atoms with E-state index in [-0.39, 0.29) is 0 Å². The Kier molecular flexibility index (Phi) is 3.80. The number of aromatic nitrogens is 1. The van der Waals surface area contributed by atoms with Gasteiger partial charge in [0.1, 0.15) is 6.61 Å². The van der Waals surface area contributed by atoms with Crippen molar-refractivity contribution in [1.29, 1.82) is 0 Å². The molecule has 4 heteroatoms. The van der Waals surface area contributed by atoms with Crippen LogP contribution < -0.4 is 10.5 Å². The van der Waals surface area contributed by atoms with Crippen LogP contribution in [0.15, 0.2) is 53.0 Å². The number of para-hydroxylation sites is 2. The lowest BCUT2D eigenvalue weighted by Gasteiger charge is -2.12. The molecular formula is C17H15BrN2O. The van der Waals surface area contributed by atoms with Crippen LogP contribution in [0.25, 0.3) is 10.9 Å². The minimum absolute atomic E-state index is 0.455. The van der Waals surface area contributed by atoms with Gasteiger partial charge in [0.05, 0.1) is 15.7 Å². The second-order valence-corrected chi connectivity index (χ2v) is 5.74. The summed E-state index contributed by atoms with van der Waals surface area (Å²) in [4.78, 5) is 4.54. The maximum Gasteiger partial charge on any atom is 0.156 e. The van der Waals surface area contributed by atoms with Crippen LogP contribution in [0, 0.1) is 6.92 Å². The van der Waals surface area contributed by atoms with E-state index in [1.54, 1.807) is 0 Å². The van der Waals surface area contributed by atoms with E-state index in [1.807, 2.05) is 43.3 Å². The maximum absolute atomic E-state index is 5.96. The number of hydrogen-bond donors (Lipinski definition) is 1. The van der Waals surface area contributed by atoms with Gasteiger partial charge in [0.25, 0.3) is 0 Å². The monoisotopic (exact) mass is 342 g/mol. The highest BCUT2D eigenvalue weighted by Crippen LogP contribution is 2.32. The molecule has 0 saturated heterocycles. The number of pyridine rings is 1. The number of fused-ring (bicyclic) bond motifs is 1. The molecule has 0 aliphatic rings. The van der Waals surface area contributed by atoms with Crippen LogP contribution in [0.4, 0.5) is 5.69 Å². The molecule has 0 aliphatic heterocycles. The van der Waals surface area contributed by atoms with Crippen LogP contribution >= 0.6 is 15.9 Å². The van der Waals surface area contributed by atoms with E-state index in [0.717, 1.165) is 26.6 Å². The normalized spacial score (nSPS) is 10.8. The molecule has 1 heterocycles. The second kappa shape index (κ2) is 5.74. The Balaban J connectivity index is 1.95. The fourth-order valence-electron chi connectivity index (χ4n) is 2.34. The van der Waals surface area contributed by atoms with Crippen LogP contribution in [0.2, 0.25) is 0 Å². The molecule has 0 bridgehead atoms. The van der Waals surface area contributed by atoms with Crippen LogP contribution in [0.5, 0.6) is 5.75 Å². The molecule has 0 spiro atoms. The van der Waals surface area contributed by atoms with Gasteiger partial charge >= 0.3 is 0 Å². The van der Waals surface area contributed by atoms with Crippen molar-refractivity contribution in [1.82, 2.24) is 4.98 Å². The van der Waals surface area contributed by atoms with Crippen molar-refractivity contribution in [2.45, 2.75) is 13.5 Å². The lowest BCUT2D eigenvalue weighted by molar-refractivity contribution is 0.307. The Morgan fingerprint density at radius 1 is 1.14 bits per heavy atom. The van der Waals surface area contributed by atoms with Gasteiger partial charge in [0.2, 0.25) is 0 Å². The first-order chi connectivity index (χ1) is 10.1. The Bertz CT molecular complexity index is 782. The van der Waals surface area contributed by atoms with E-state index in [4.69, 9.17) is 10.5 Å². The van der Waals surface area contributed by atoms with Gasteiger partial charge in [-0.15, -0.1) is 0 Å². The topological polar surface area (TPSA) is 48.1 Å². The average Bonchev–Trinajstić information content (AvgIpc) is 2.46. The molecule has 3 aromatic rings. The molecule has 2 N–H and O–H groups in total. The first-order valence-corrected chi connectivity index (χ1v) is 7.46. The van der Waals surface area contributed by atoms with Gasteiger partial charge in [-0.3, -0.25) is 4.98 Å². The zero-order chi connectivity index (χ0) is 14.8. The molecular weight excluding hydrogens is 328 g/mol. The number of hydrogen-bond acceptors (Lipinski definition) is 3. The highest BCUT2D eigenvalue weighted by Gasteiger charge is 2.08. The van der Waals surface area contributed by atoms with Crippen molar-refractivity contribution in [2.75, 3.05) is 5.73 Å². The van der Waals surface area contributed by atoms with Gasteiger partial charge in [0, 0.05) is 16.6 Å². The molecule has 3 rings (SSSR count). The molecule has 1 aromatic heterocycles. The number of rotatable bonds is 3. The molecule has 21 heavy (non-hydrogen) atoms. The number of ether oxygens (including phenoxy) is 1. The number of nitrogens with two attached hydrogens (primary N) is 1. The third kappa shape index (κ3) is 2.85. The van der Waals surface area contributed by atoms with Gasteiger partial charge in [-0.2, -0.15) is 0 Å². The summed E-state index contributed by atoms with van der Waals surface area (Å²) in [6.45, 7) is 2.44. The van der Waals surface area contributed by atoms with Crippen molar-refractivity contribution in [2.24, 2.45) is 0 Å². The minimum Gasteiger partial charge on any atom is -0.486 e. The van der Waals surface area contributed by atoms with E-state index in [2.05, 4.69) is 33.0 Å². The molecule has 106 valence electrons. The van der Waals surface area contributed by atoms with Gasteiger partial charge in [-0.05, 0) is 47.1 Å². The van der Waals surface area contributed by atoms with Gasteiger partial charge in [-0.1, -0.05) is 24.3 Å². The number of anilines is 1. The average molecular weight is 343 g/mol. The van der Waals surface area contributed by atoms with Crippen molar-refractivity contribution in [3.05, 3.63) is 64.3 Å². The van der Waals surface area contributed by atoms with E-state index in [1.165, 1.54) is 0 Å². The van der Waals surface area contributed by atoms with Crippen molar-refractivity contribution in [3.63, 3.8) is 0 Å². The molecule has 0 aliphatic carbocycles. The Labute approximate surface area is 131 Å². The predicted octanol–water partition coefficient (Wildman–Crippen LogP) is 4.47. The highest BCUT2D eigenvalue weighted by molar-refractivity contribution is 9.10. The van der Waals surface area contributed by atoms with E-state index >= 15 is 0 Å². The first-order valence-electron chi connectivity index (χ1n) is 6.67. The predicted molar refractivity (Wildman–Crippen MR) is 89.4 cm³/mol. The fourth-order valence-corrected chi connectivity index (χ4v) is 2.84. The number of benzene rings is 2. The summed E-state index contributed by atoms with van der Waals surface area (Å²) in [5, 5.41) is 1.11. The number of nitrogens with zero attached hydrogens (tertiary/aromatic N) is 1. The van der Waals surface area contributed by atoms with Crippen LogP contribution in [0.1, 0.15) is 11.3 Å². The Morgan fingerprint density at radius 2 is 1.95 bits per heavy atom. The van der Waals surface area contributed by atoms with E-state index < -0.39 is 0 Å². The summed E-state index contributed by atoms with van der Waals surface area (Å²) in [6.07, 6.45) is 0. The summed E-state index contributed by atoms with van der Waals surface area (Å²) >= 11 is 3.47. The summed E-state index contributed by atoms with van der Waals surface area (Å²) < 4.78 is 6.78. The minimum atomic E-state index is 0.455. The summed E-state index contributed by atoms with van der Waals surface area (Å²) in [5.74, 6) is 0.677. The first kappa shape index (κ1) is 13.9. The summed E-state index contributed by atoms with van der Waals surface area (Å²) in [6, 6.07) is 15.8. The van der Waals surface area contributed by atoms with Crippen molar-refractivity contribution in [3.8, 4) is 5.75 Å². The maximum atomic E-state index is 5.96. The Hall–Kier alpha value is -2.07. The van der Waals surface area contributed by atoms with Crippen LogP contribution in [-0.4, -0.2) is 4.98 Å². The molecule has 0 radical (unpaired) electrons. The lowest BCUT2D eigenvalue weighted by atomic mass is 10.1. The zero-order valence-corrected chi connectivity index (χ0v) is 13.2. The summed E-state index contributed by atoms with van der Waals surface area (Å²) in [5.41, 5.74) is 9.65. The lowest BCUT2D eigenvalue weighted by Crippen LogP contribution is -2.01. The standard InChI is InChI=1S/C17H15BrN2O/c1-11-9-12(13-5-2-3-8-16(13)20-11)10-21-17-14(18)6-4-7-15(17)19/h2-9H,10,19H2,1H3. The summed E-state index contributed by atoms with van der Waals surface area (Å²) in [7, 11) is 0. The smallest absolute Gasteiger partial charge is 0.156 e. The van der Waals surface area contributed by atoms with E-state index in [9.17, 15) is 0 Å². The third-order valence-corrected chi connectivity index (χ3v) is 3.92. The fraction of sp³-hybridized carbons (Fsp3) is 0.118. The number of halogens is 1. The van der Waals surface area contributed by atoms with Crippen LogP contribution in [-0.2, 0) is 6.61 Å². The molecule has 0 saturated carbocycles. The second-order valence-electron chi connectivity index (χ2n) is 4.89. The molecule has 0 fully saturated rings. The van der Waals surface area contributed by atoms with Crippen molar-refractivity contribution >= 4 is 32.5 Å². The molecule has 0 amide bonds. The van der Waals surface area contributed by atoms with Gasteiger partial charge in [-0.25, -0.2) is 0 Å². The quantitative estimate of drug-likeness (QED) is 0.714. The molecule has 2 aromatic carbocycles. The molecule has 0 atom stereocenters. The highest BCUT2D eigenvalue weighted by atomic mass is 79.9. The zero-order valence-electron chi connectivity index (χ0n) is 11.6. The molecule has 0 unspecified atom stereocenters. The van der Waals surface area contributed by atoms with Gasteiger partial charge in [0.15, 0.2) is 5.75 Å². The number of nitrogen functional groups attached to an aromatic ring is 1. The third-order valence-electron chi connectivity index (χ3n) is 3.30. The van der Waals surface area contributed by atoms with E-state index in [0.29, 0.717) is 18.0 Å². The van der Waals surface area contributed by atoms with Gasteiger partial charge < -0.3 is 10.5 Å². The van der Waals surface area contributed by atoms with Crippen LogP contribution in [0.3, 0.4) is 0 Å². The SMILES string of the molecule is Cc1cc(COc2c(N)cccc2Br)c2ccccc2n1. The largest absolute Gasteiger partial charge is 0.486 e. The van der Waals surface area contributed by atoms with Crippen molar-refractivity contribution < 1.29 is 4.74 Å².